The van der Waals surface area contributed by atoms with Gasteiger partial charge in [-0.25, -0.2) is 0 Å². The Kier molecular flexibility index (Phi) is 6.10. The Morgan fingerprint density at radius 3 is 2.70 bits per heavy atom. The van der Waals surface area contributed by atoms with Gasteiger partial charge in [-0.15, -0.1) is 12.4 Å². The van der Waals surface area contributed by atoms with Crippen LogP contribution >= 0.6 is 12.4 Å². The Morgan fingerprint density at radius 2 is 2.00 bits per heavy atom. The molecule has 1 saturated carbocycles. The normalized spacial score (nSPS) is 30.8. The van der Waals surface area contributed by atoms with Gasteiger partial charge in [0.05, 0.1) is 0 Å². The number of benzene rings is 1. The first-order chi connectivity index (χ1) is 10.6. The van der Waals surface area contributed by atoms with Crippen LogP contribution in [0.4, 0.5) is 0 Å². The number of hydrogen-bond donors (Lipinski definition) is 1. The van der Waals surface area contributed by atoms with Crippen LogP contribution < -0.4 is 5.73 Å². The molecule has 1 aromatic rings. The van der Waals surface area contributed by atoms with Crippen molar-refractivity contribution >= 4 is 18.3 Å². The third kappa shape index (κ3) is 3.72. The third-order valence-corrected chi connectivity index (χ3v) is 5.76. The van der Waals surface area contributed by atoms with Crippen LogP contribution in [0, 0.1) is 11.8 Å². The molecule has 4 heteroatoms. The van der Waals surface area contributed by atoms with Gasteiger partial charge >= 0.3 is 0 Å². The summed E-state index contributed by atoms with van der Waals surface area (Å²) >= 11 is 0. The molecular weight excluding hydrogens is 308 g/mol. The van der Waals surface area contributed by atoms with Gasteiger partial charge < -0.3 is 10.6 Å². The van der Waals surface area contributed by atoms with E-state index in [9.17, 15) is 4.79 Å². The van der Waals surface area contributed by atoms with E-state index in [-0.39, 0.29) is 23.7 Å². The van der Waals surface area contributed by atoms with Gasteiger partial charge in [0.1, 0.15) is 0 Å². The van der Waals surface area contributed by atoms with E-state index < -0.39 is 0 Å². The molecule has 23 heavy (non-hydrogen) atoms. The van der Waals surface area contributed by atoms with Gasteiger partial charge in [-0.1, -0.05) is 43.7 Å². The molecule has 1 aromatic carbocycles. The summed E-state index contributed by atoms with van der Waals surface area (Å²) in [5.74, 6) is 0.926. The zero-order valence-corrected chi connectivity index (χ0v) is 14.9. The smallest absolute Gasteiger partial charge is 0.226 e. The summed E-state index contributed by atoms with van der Waals surface area (Å²) in [5, 5.41) is 0. The number of nitrogens with two attached hydrogens (primary N) is 1. The number of carbonyl (C=O) groups is 1. The van der Waals surface area contributed by atoms with Gasteiger partial charge in [-0.2, -0.15) is 0 Å². The first-order valence-corrected chi connectivity index (χ1v) is 8.68. The van der Waals surface area contributed by atoms with Gasteiger partial charge in [-0.3, -0.25) is 4.79 Å². The Balaban J connectivity index is 0.00000192. The predicted octanol–water partition coefficient (Wildman–Crippen LogP) is 3.36. The Labute approximate surface area is 146 Å². The predicted molar refractivity (Wildman–Crippen MR) is 96.7 cm³/mol. The minimum atomic E-state index is 0. The molecule has 1 saturated heterocycles. The first kappa shape index (κ1) is 18.3. The van der Waals surface area contributed by atoms with Crippen LogP contribution in [0.15, 0.2) is 30.3 Å². The van der Waals surface area contributed by atoms with E-state index in [2.05, 4.69) is 42.2 Å². The highest BCUT2D eigenvalue weighted by Crippen LogP contribution is 2.37. The zero-order valence-electron chi connectivity index (χ0n) is 14.0. The van der Waals surface area contributed by atoms with E-state index in [1.54, 1.807) is 0 Å². The molecule has 0 aromatic heterocycles. The van der Waals surface area contributed by atoms with E-state index >= 15 is 0 Å². The molecule has 2 N–H and O–H groups in total. The second-order valence-electron chi connectivity index (χ2n) is 7.32. The van der Waals surface area contributed by atoms with Crippen LogP contribution in [0.3, 0.4) is 0 Å². The van der Waals surface area contributed by atoms with Gasteiger partial charge in [0.25, 0.3) is 0 Å². The Morgan fingerprint density at radius 1 is 1.26 bits per heavy atom. The molecule has 1 aliphatic heterocycles. The highest BCUT2D eigenvalue weighted by molar-refractivity contribution is 5.85. The van der Waals surface area contributed by atoms with E-state index in [4.69, 9.17) is 5.73 Å². The third-order valence-electron chi connectivity index (χ3n) is 5.76. The molecular formula is C19H29ClN2O. The van der Waals surface area contributed by atoms with Crippen molar-refractivity contribution in [2.45, 2.75) is 44.4 Å². The van der Waals surface area contributed by atoms with Crippen molar-refractivity contribution in [3.8, 4) is 0 Å². The van der Waals surface area contributed by atoms with E-state index in [0.29, 0.717) is 18.4 Å². The van der Waals surface area contributed by atoms with Gasteiger partial charge in [0, 0.05) is 24.4 Å². The van der Waals surface area contributed by atoms with Crippen LogP contribution in [-0.2, 0) is 10.2 Å². The molecule has 1 heterocycles. The largest absolute Gasteiger partial charge is 0.342 e. The topological polar surface area (TPSA) is 46.3 Å². The highest BCUT2D eigenvalue weighted by atomic mass is 35.5. The minimum absolute atomic E-state index is 0. The summed E-state index contributed by atoms with van der Waals surface area (Å²) in [4.78, 5) is 15.1. The van der Waals surface area contributed by atoms with Crippen molar-refractivity contribution in [2.24, 2.45) is 17.6 Å². The summed E-state index contributed by atoms with van der Waals surface area (Å²) in [6.45, 7) is 4.72. The highest BCUT2D eigenvalue weighted by Gasteiger charge is 2.39. The van der Waals surface area contributed by atoms with Crippen LogP contribution in [0.5, 0.6) is 0 Å². The molecule has 1 amide bonds. The van der Waals surface area contributed by atoms with Gasteiger partial charge in [-0.05, 0) is 43.7 Å². The van der Waals surface area contributed by atoms with Crippen molar-refractivity contribution in [2.75, 3.05) is 19.6 Å². The molecule has 1 aliphatic carbocycles. The summed E-state index contributed by atoms with van der Waals surface area (Å²) in [6.07, 6.45) is 5.56. The quantitative estimate of drug-likeness (QED) is 0.920. The SMILES string of the molecule is CC1(c2ccccc2)CCCN(C(=O)[C@@H]2CCC[C@@H]2CN)C1.Cl. The second kappa shape index (κ2) is 7.67. The number of nitrogens with zero attached hydrogens (tertiary/aromatic N) is 1. The number of piperidine rings is 1. The molecule has 3 nitrogen and oxygen atoms in total. The van der Waals surface area contributed by atoms with E-state index in [1.165, 1.54) is 5.56 Å². The molecule has 2 aliphatic rings. The molecule has 0 spiro atoms. The van der Waals surface area contributed by atoms with E-state index in [1.807, 2.05) is 0 Å². The maximum Gasteiger partial charge on any atom is 0.226 e. The summed E-state index contributed by atoms with van der Waals surface area (Å²) in [6, 6.07) is 10.7. The number of rotatable bonds is 3. The average molecular weight is 337 g/mol. The number of carbonyl (C=O) groups excluding carboxylic acids is 1. The lowest BCUT2D eigenvalue weighted by atomic mass is 9.75. The van der Waals surface area contributed by atoms with Crippen LogP contribution in [-0.4, -0.2) is 30.4 Å². The molecule has 3 rings (SSSR count). The van der Waals surface area contributed by atoms with E-state index in [0.717, 1.165) is 45.2 Å². The molecule has 3 atom stereocenters. The fraction of sp³-hybridized carbons (Fsp3) is 0.632. The summed E-state index contributed by atoms with van der Waals surface area (Å²) in [7, 11) is 0. The molecule has 0 radical (unpaired) electrons. The molecule has 1 unspecified atom stereocenters. The standard InChI is InChI=1S/C19H28N2O.ClH/c1-19(16-8-3-2-4-9-16)11-6-12-21(14-19)18(22)17-10-5-7-15(17)13-20;/h2-4,8-9,15,17H,5-7,10-14,20H2,1H3;1H/t15-,17-,19?;/m1./s1. The van der Waals surface area contributed by atoms with Crippen molar-refractivity contribution < 1.29 is 4.79 Å². The van der Waals surface area contributed by atoms with Crippen molar-refractivity contribution in [1.29, 1.82) is 0 Å². The Bertz CT molecular complexity index is 521. The zero-order chi connectivity index (χ0) is 15.6. The van der Waals surface area contributed by atoms with Crippen LogP contribution in [0.1, 0.15) is 44.6 Å². The number of halogens is 1. The lowest BCUT2D eigenvalue weighted by molar-refractivity contribution is -0.138. The van der Waals surface area contributed by atoms with Gasteiger partial charge in [0.2, 0.25) is 5.91 Å². The molecule has 0 bridgehead atoms. The Hall–Kier alpha value is -1.06. The van der Waals surface area contributed by atoms with Crippen molar-refractivity contribution in [3.05, 3.63) is 35.9 Å². The maximum absolute atomic E-state index is 13.0. The molecule has 2 fully saturated rings. The van der Waals surface area contributed by atoms with Crippen molar-refractivity contribution in [1.82, 2.24) is 4.90 Å². The van der Waals surface area contributed by atoms with Crippen LogP contribution in [0.25, 0.3) is 0 Å². The first-order valence-electron chi connectivity index (χ1n) is 8.68. The monoisotopic (exact) mass is 336 g/mol. The summed E-state index contributed by atoms with van der Waals surface area (Å²) < 4.78 is 0. The number of amides is 1. The lowest BCUT2D eigenvalue weighted by Crippen LogP contribution is -2.49. The number of hydrogen-bond acceptors (Lipinski definition) is 2. The maximum atomic E-state index is 13.0. The lowest BCUT2D eigenvalue weighted by Gasteiger charge is -2.42. The second-order valence-corrected chi connectivity index (χ2v) is 7.32. The minimum Gasteiger partial charge on any atom is -0.342 e. The van der Waals surface area contributed by atoms with Crippen molar-refractivity contribution in [3.63, 3.8) is 0 Å². The average Bonchev–Trinajstić information content (AvgIpc) is 3.03. The molecule has 128 valence electrons. The summed E-state index contributed by atoms with van der Waals surface area (Å²) in [5.41, 5.74) is 7.31. The van der Waals surface area contributed by atoms with Gasteiger partial charge in [0.15, 0.2) is 0 Å². The van der Waals surface area contributed by atoms with Crippen LogP contribution in [0.2, 0.25) is 0 Å². The number of likely N-dealkylation sites (tertiary alicyclic amines) is 1. The fourth-order valence-corrected chi connectivity index (χ4v) is 4.38. The fourth-order valence-electron chi connectivity index (χ4n) is 4.38.